The van der Waals surface area contributed by atoms with Gasteiger partial charge in [0.1, 0.15) is 0 Å². The molecule has 1 aromatic rings. The zero-order chi connectivity index (χ0) is 14.9. The number of carbonyl (C=O) groups is 2. The van der Waals surface area contributed by atoms with E-state index in [1.807, 2.05) is 6.92 Å². The summed E-state index contributed by atoms with van der Waals surface area (Å²) < 4.78 is 18.5. The number of benzene rings is 1. The summed E-state index contributed by atoms with van der Waals surface area (Å²) in [4.78, 5) is 24.3. The first-order valence-corrected chi connectivity index (χ1v) is 6.34. The van der Waals surface area contributed by atoms with E-state index in [0.717, 1.165) is 4.90 Å². The van der Waals surface area contributed by atoms with Crippen molar-refractivity contribution in [2.45, 2.75) is 25.4 Å². The van der Waals surface area contributed by atoms with Crippen LogP contribution in [0.2, 0.25) is 0 Å². The Hall–Kier alpha value is -1.95. The number of hydrogen-bond acceptors (Lipinski definition) is 4. The summed E-state index contributed by atoms with van der Waals surface area (Å²) in [6, 6.07) is 3.83. The SMILES string of the molecule is COc1ccc(C(C)NC2CC(=O)N(C)C2=O)cc1F. The molecule has 2 amide bonds. The average molecular weight is 280 g/mol. The van der Waals surface area contributed by atoms with Crippen LogP contribution in [-0.4, -0.2) is 36.9 Å². The van der Waals surface area contributed by atoms with Crippen LogP contribution < -0.4 is 10.1 Å². The first-order valence-electron chi connectivity index (χ1n) is 6.34. The van der Waals surface area contributed by atoms with Crippen LogP contribution in [0, 0.1) is 5.82 Å². The fourth-order valence-electron chi connectivity index (χ4n) is 2.24. The number of carbonyl (C=O) groups excluding carboxylic acids is 2. The molecule has 2 rings (SSSR count). The second-order valence-corrected chi connectivity index (χ2v) is 4.83. The van der Waals surface area contributed by atoms with Crippen molar-refractivity contribution in [3.8, 4) is 5.75 Å². The number of methoxy groups -OCH3 is 1. The summed E-state index contributed by atoms with van der Waals surface area (Å²) in [7, 11) is 2.86. The number of amides is 2. The highest BCUT2D eigenvalue weighted by molar-refractivity contribution is 6.05. The highest BCUT2D eigenvalue weighted by Gasteiger charge is 2.36. The van der Waals surface area contributed by atoms with Crippen molar-refractivity contribution in [1.82, 2.24) is 10.2 Å². The number of likely N-dealkylation sites (tertiary alicyclic amines) is 1. The van der Waals surface area contributed by atoms with Crippen LogP contribution >= 0.6 is 0 Å². The molecule has 5 nitrogen and oxygen atoms in total. The molecule has 6 heteroatoms. The van der Waals surface area contributed by atoms with E-state index >= 15 is 0 Å². The van der Waals surface area contributed by atoms with Gasteiger partial charge in [0.15, 0.2) is 11.6 Å². The average Bonchev–Trinajstić information content (AvgIpc) is 2.66. The molecule has 1 heterocycles. The number of rotatable bonds is 4. The van der Waals surface area contributed by atoms with Gasteiger partial charge in [0, 0.05) is 13.1 Å². The minimum Gasteiger partial charge on any atom is -0.494 e. The Morgan fingerprint density at radius 1 is 1.45 bits per heavy atom. The highest BCUT2D eigenvalue weighted by atomic mass is 19.1. The van der Waals surface area contributed by atoms with Crippen molar-refractivity contribution in [3.63, 3.8) is 0 Å². The van der Waals surface area contributed by atoms with Crippen molar-refractivity contribution in [2.75, 3.05) is 14.2 Å². The molecule has 0 spiro atoms. The van der Waals surface area contributed by atoms with Crippen molar-refractivity contribution in [2.24, 2.45) is 0 Å². The third kappa shape index (κ3) is 2.65. The summed E-state index contributed by atoms with van der Waals surface area (Å²) in [6.45, 7) is 1.82. The van der Waals surface area contributed by atoms with E-state index in [9.17, 15) is 14.0 Å². The smallest absolute Gasteiger partial charge is 0.246 e. The molecule has 1 fully saturated rings. The van der Waals surface area contributed by atoms with Gasteiger partial charge in [-0.25, -0.2) is 4.39 Å². The predicted octanol–water partition coefficient (Wildman–Crippen LogP) is 1.24. The molecule has 0 radical (unpaired) electrons. The number of likely N-dealkylation sites (N-methyl/N-ethyl adjacent to an activating group) is 1. The van der Waals surface area contributed by atoms with E-state index in [4.69, 9.17) is 4.74 Å². The Labute approximate surface area is 116 Å². The molecule has 1 aliphatic rings. The molecular weight excluding hydrogens is 263 g/mol. The van der Waals surface area contributed by atoms with Gasteiger partial charge in [-0.15, -0.1) is 0 Å². The normalized spacial score (nSPS) is 20.4. The third-order valence-corrected chi connectivity index (χ3v) is 3.51. The lowest BCUT2D eigenvalue weighted by Crippen LogP contribution is -2.38. The van der Waals surface area contributed by atoms with Crippen LogP contribution in [0.5, 0.6) is 5.75 Å². The quantitative estimate of drug-likeness (QED) is 0.843. The fourth-order valence-corrected chi connectivity index (χ4v) is 2.24. The second kappa shape index (κ2) is 5.58. The lowest BCUT2D eigenvalue weighted by molar-refractivity contribution is -0.137. The molecule has 2 atom stereocenters. The second-order valence-electron chi connectivity index (χ2n) is 4.83. The summed E-state index contributed by atoms with van der Waals surface area (Å²) in [6.07, 6.45) is 0.137. The zero-order valence-corrected chi connectivity index (χ0v) is 11.6. The van der Waals surface area contributed by atoms with Gasteiger partial charge < -0.3 is 4.74 Å². The van der Waals surface area contributed by atoms with E-state index < -0.39 is 11.9 Å². The van der Waals surface area contributed by atoms with Gasteiger partial charge in [0.25, 0.3) is 0 Å². The standard InChI is InChI=1S/C14H17FN2O3/c1-8(9-4-5-12(20-3)10(15)6-9)16-11-7-13(18)17(2)14(11)19/h4-6,8,11,16H,7H2,1-3H3. The number of nitrogens with zero attached hydrogens (tertiary/aromatic N) is 1. The third-order valence-electron chi connectivity index (χ3n) is 3.51. The summed E-state index contributed by atoms with van der Waals surface area (Å²) >= 11 is 0. The summed E-state index contributed by atoms with van der Waals surface area (Å²) in [5, 5.41) is 3.05. The zero-order valence-electron chi connectivity index (χ0n) is 11.6. The number of halogens is 1. The molecule has 1 saturated heterocycles. The van der Waals surface area contributed by atoms with E-state index in [1.54, 1.807) is 6.07 Å². The molecule has 1 N–H and O–H groups in total. The number of nitrogens with one attached hydrogen (secondary N) is 1. The Balaban J connectivity index is 2.09. The predicted molar refractivity (Wildman–Crippen MR) is 70.7 cm³/mol. The molecular formula is C14H17FN2O3. The van der Waals surface area contributed by atoms with Gasteiger partial charge in [0.2, 0.25) is 11.8 Å². The Morgan fingerprint density at radius 2 is 2.15 bits per heavy atom. The van der Waals surface area contributed by atoms with Crippen molar-refractivity contribution in [3.05, 3.63) is 29.6 Å². The minimum absolute atomic E-state index is 0.137. The first-order chi connectivity index (χ1) is 9.43. The largest absolute Gasteiger partial charge is 0.494 e. The van der Waals surface area contributed by atoms with Crippen LogP contribution in [0.25, 0.3) is 0 Å². The summed E-state index contributed by atoms with van der Waals surface area (Å²) in [5.41, 5.74) is 0.693. The van der Waals surface area contributed by atoms with E-state index in [0.29, 0.717) is 5.56 Å². The van der Waals surface area contributed by atoms with E-state index in [1.165, 1.54) is 26.3 Å². The highest BCUT2D eigenvalue weighted by Crippen LogP contribution is 2.23. The van der Waals surface area contributed by atoms with E-state index in [2.05, 4.69) is 5.32 Å². The van der Waals surface area contributed by atoms with Crippen molar-refractivity contribution >= 4 is 11.8 Å². The molecule has 0 saturated carbocycles. The van der Waals surface area contributed by atoms with Crippen LogP contribution in [0.1, 0.15) is 24.9 Å². The number of ether oxygens (including phenoxy) is 1. The molecule has 0 aliphatic carbocycles. The van der Waals surface area contributed by atoms with Crippen LogP contribution in [0.3, 0.4) is 0 Å². The molecule has 20 heavy (non-hydrogen) atoms. The first kappa shape index (κ1) is 14.5. The maximum Gasteiger partial charge on any atom is 0.246 e. The van der Waals surface area contributed by atoms with Gasteiger partial charge >= 0.3 is 0 Å². The molecule has 0 bridgehead atoms. The maximum absolute atomic E-state index is 13.6. The van der Waals surface area contributed by atoms with E-state index in [-0.39, 0.29) is 30.0 Å². The van der Waals surface area contributed by atoms with Gasteiger partial charge in [-0.2, -0.15) is 0 Å². The van der Waals surface area contributed by atoms with Gasteiger partial charge in [-0.3, -0.25) is 19.8 Å². The molecule has 1 aromatic carbocycles. The molecule has 108 valence electrons. The van der Waals surface area contributed by atoms with Crippen LogP contribution in [0.4, 0.5) is 4.39 Å². The Kier molecular flexibility index (Phi) is 4.04. The summed E-state index contributed by atoms with van der Waals surface area (Å²) in [5.74, 6) is -0.742. The van der Waals surface area contributed by atoms with Crippen molar-refractivity contribution in [1.29, 1.82) is 0 Å². The van der Waals surface area contributed by atoms with Crippen molar-refractivity contribution < 1.29 is 18.7 Å². The van der Waals surface area contributed by atoms with Gasteiger partial charge in [-0.05, 0) is 24.6 Å². The molecule has 0 aromatic heterocycles. The number of imide groups is 1. The molecule has 1 aliphatic heterocycles. The lowest BCUT2D eigenvalue weighted by Gasteiger charge is -2.18. The monoisotopic (exact) mass is 280 g/mol. The topological polar surface area (TPSA) is 58.6 Å². The van der Waals surface area contributed by atoms with Crippen LogP contribution in [0.15, 0.2) is 18.2 Å². The number of hydrogen-bond donors (Lipinski definition) is 1. The molecule has 2 unspecified atom stereocenters. The fraction of sp³-hybridized carbons (Fsp3) is 0.429. The Morgan fingerprint density at radius 3 is 2.65 bits per heavy atom. The van der Waals surface area contributed by atoms with Gasteiger partial charge in [0.05, 0.1) is 19.6 Å². The Bertz CT molecular complexity index is 547. The minimum atomic E-state index is -0.548. The lowest BCUT2D eigenvalue weighted by atomic mass is 10.1. The van der Waals surface area contributed by atoms with Gasteiger partial charge in [-0.1, -0.05) is 6.07 Å². The van der Waals surface area contributed by atoms with Crippen LogP contribution in [-0.2, 0) is 9.59 Å². The maximum atomic E-state index is 13.6.